The van der Waals surface area contributed by atoms with Gasteiger partial charge in [-0.15, -0.1) is 0 Å². The third-order valence-corrected chi connectivity index (χ3v) is 15.0. The smallest absolute Gasteiger partial charge is 0.0726 e. The fraction of sp³-hybridized carbons (Fsp3) is 0.0645. The van der Waals surface area contributed by atoms with E-state index < -0.39 is 10.8 Å². The molecule has 0 bridgehead atoms. The molecule has 0 unspecified atom stereocenters. The lowest BCUT2D eigenvalue weighted by Crippen LogP contribution is -2.44. The second kappa shape index (κ2) is 12.9. The third kappa shape index (κ3) is 4.41. The van der Waals surface area contributed by atoms with Gasteiger partial charge in [-0.05, 0) is 126 Å². The second-order valence-electron chi connectivity index (χ2n) is 17.7. The van der Waals surface area contributed by atoms with Crippen LogP contribution in [-0.4, -0.2) is 4.57 Å². The molecule has 1 nitrogen and oxygen atoms in total. The summed E-state index contributed by atoms with van der Waals surface area (Å²) in [5, 5.41) is 2.59. The van der Waals surface area contributed by atoms with E-state index >= 15 is 0 Å². The fourth-order valence-corrected chi connectivity index (χ4v) is 12.6. The fourth-order valence-electron chi connectivity index (χ4n) is 12.6. The first kappa shape index (κ1) is 34.9. The van der Waals surface area contributed by atoms with Crippen molar-refractivity contribution < 1.29 is 0 Å². The lowest BCUT2D eigenvalue weighted by Gasteiger charge is -2.49. The maximum Gasteiger partial charge on any atom is 0.0726 e. The molecule has 0 fully saturated rings. The summed E-state index contributed by atoms with van der Waals surface area (Å²) in [6, 6.07) is 78.6. The molecule has 0 saturated carbocycles. The second-order valence-corrected chi connectivity index (χ2v) is 17.7. The number of fused-ring (bicyclic) bond motifs is 19. The Morgan fingerprint density at radius 1 is 0.349 bits per heavy atom. The Kier molecular flexibility index (Phi) is 7.15. The van der Waals surface area contributed by atoms with Crippen molar-refractivity contribution in [1.29, 1.82) is 0 Å². The number of rotatable bonds is 3. The normalized spacial score (nSPS) is 15.5. The van der Waals surface area contributed by atoms with E-state index in [1.54, 1.807) is 0 Å². The molecule has 2 spiro atoms. The van der Waals surface area contributed by atoms with E-state index in [9.17, 15) is 0 Å². The van der Waals surface area contributed by atoms with Crippen LogP contribution in [0, 0.1) is 0 Å². The van der Waals surface area contributed by atoms with Crippen molar-refractivity contribution in [3.63, 3.8) is 0 Å². The Balaban J connectivity index is 0.983. The number of benzene rings is 9. The Morgan fingerprint density at radius 2 is 0.825 bits per heavy atom. The van der Waals surface area contributed by atoms with Crippen LogP contribution in [-0.2, 0) is 10.8 Å². The van der Waals surface area contributed by atoms with E-state index in [0.29, 0.717) is 0 Å². The highest BCUT2D eigenvalue weighted by Gasteiger charge is 2.59. The van der Waals surface area contributed by atoms with Gasteiger partial charge in [-0.25, -0.2) is 0 Å². The molecular formula is C62H41N. The van der Waals surface area contributed by atoms with Gasteiger partial charge in [0, 0.05) is 16.5 Å². The Bertz CT molecular complexity index is 3530. The zero-order chi connectivity index (χ0) is 41.3. The van der Waals surface area contributed by atoms with Gasteiger partial charge in [-0.1, -0.05) is 200 Å². The number of allylic oxidation sites excluding steroid dienone is 4. The van der Waals surface area contributed by atoms with Crippen molar-refractivity contribution in [2.75, 3.05) is 0 Å². The predicted molar refractivity (Wildman–Crippen MR) is 261 cm³/mol. The minimum absolute atomic E-state index is 0.461. The summed E-state index contributed by atoms with van der Waals surface area (Å²) < 4.78 is 2.47. The predicted octanol–water partition coefficient (Wildman–Crippen LogP) is 15.4. The molecule has 14 rings (SSSR count). The summed E-state index contributed by atoms with van der Waals surface area (Å²) in [5.74, 6) is 0. The largest absolute Gasteiger partial charge is 0.313 e. The summed E-state index contributed by atoms with van der Waals surface area (Å²) in [5.41, 5.74) is 24.0. The quantitative estimate of drug-likeness (QED) is 0.168. The number of nitrogens with zero attached hydrogens (tertiary/aromatic N) is 1. The summed E-state index contributed by atoms with van der Waals surface area (Å²) in [4.78, 5) is 0. The average Bonchev–Trinajstić information content (AvgIpc) is 3.97. The molecule has 0 radical (unpaired) electrons. The molecule has 294 valence electrons. The number of aromatic nitrogens is 1. The number of hydrogen-bond acceptors (Lipinski definition) is 0. The van der Waals surface area contributed by atoms with Gasteiger partial charge in [0.15, 0.2) is 0 Å². The monoisotopic (exact) mass is 799 g/mol. The highest BCUT2D eigenvalue weighted by Crippen LogP contribution is 2.68. The Hall–Kier alpha value is -7.74. The lowest BCUT2D eigenvalue weighted by atomic mass is 9.52. The summed E-state index contributed by atoms with van der Waals surface area (Å²) in [7, 11) is 0. The molecule has 0 N–H and O–H groups in total. The first-order valence-electron chi connectivity index (χ1n) is 22.4. The van der Waals surface area contributed by atoms with Crippen molar-refractivity contribution in [2.45, 2.75) is 23.7 Å². The van der Waals surface area contributed by atoms with Crippen LogP contribution in [0.2, 0.25) is 0 Å². The summed E-state index contributed by atoms with van der Waals surface area (Å²) >= 11 is 0. The van der Waals surface area contributed by atoms with Gasteiger partial charge < -0.3 is 4.57 Å². The van der Waals surface area contributed by atoms with Gasteiger partial charge in [0.2, 0.25) is 0 Å². The first-order valence-corrected chi connectivity index (χ1v) is 22.4. The minimum atomic E-state index is -0.547. The Labute approximate surface area is 367 Å². The van der Waals surface area contributed by atoms with Gasteiger partial charge in [0.05, 0.1) is 21.9 Å². The molecule has 0 amide bonds. The van der Waals surface area contributed by atoms with Crippen LogP contribution in [0.5, 0.6) is 0 Å². The Morgan fingerprint density at radius 3 is 1.46 bits per heavy atom. The van der Waals surface area contributed by atoms with Crippen molar-refractivity contribution in [3.8, 4) is 44.5 Å². The van der Waals surface area contributed by atoms with Crippen LogP contribution < -0.4 is 0 Å². The molecule has 4 aliphatic rings. The average molecular weight is 800 g/mol. The molecular weight excluding hydrogens is 759 g/mol. The van der Waals surface area contributed by atoms with Crippen molar-refractivity contribution in [3.05, 3.63) is 269 Å². The van der Waals surface area contributed by atoms with Crippen LogP contribution in [0.25, 0.3) is 72.0 Å². The van der Waals surface area contributed by atoms with Crippen molar-refractivity contribution in [2.24, 2.45) is 0 Å². The van der Waals surface area contributed by atoms with Gasteiger partial charge in [0.25, 0.3) is 0 Å². The van der Waals surface area contributed by atoms with Crippen LogP contribution in [0.15, 0.2) is 224 Å². The van der Waals surface area contributed by atoms with E-state index in [4.69, 9.17) is 0 Å². The van der Waals surface area contributed by atoms with Crippen LogP contribution in [0.1, 0.15) is 57.3 Å². The first-order chi connectivity index (χ1) is 31.3. The van der Waals surface area contributed by atoms with Crippen LogP contribution in [0.3, 0.4) is 0 Å². The molecule has 0 atom stereocenters. The third-order valence-electron chi connectivity index (χ3n) is 15.0. The minimum Gasteiger partial charge on any atom is -0.313 e. The van der Waals surface area contributed by atoms with Crippen molar-refractivity contribution >= 4 is 27.5 Å². The number of hydrogen-bond donors (Lipinski definition) is 0. The molecule has 63 heavy (non-hydrogen) atoms. The van der Waals surface area contributed by atoms with Crippen LogP contribution in [0.4, 0.5) is 0 Å². The van der Waals surface area contributed by atoms with E-state index in [1.165, 1.54) is 117 Å². The van der Waals surface area contributed by atoms with E-state index in [-0.39, 0.29) is 0 Å². The van der Waals surface area contributed by atoms with E-state index in [2.05, 4.69) is 229 Å². The lowest BCUT2D eigenvalue weighted by molar-refractivity contribution is 0.633. The molecule has 10 aromatic rings. The zero-order valence-corrected chi connectivity index (χ0v) is 34.7. The molecule has 0 saturated heterocycles. The van der Waals surface area contributed by atoms with E-state index in [1.807, 2.05) is 0 Å². The molecule has 1 heteroatoms. The molecule has 0 aliphatic heterocycles. The molecule has 4 aliphatic carbocycles. The maximum atomic E-state index is 2.47. The zero-order valence-electron chi connectivity index (χ0n) is 34.7. The molecule has 1 aromatic heterocycles. The van der Waals surface area contributed by atoms with Gasteiger partial charge in [0.1, 0.15) is 0 Å². The summed E-state index contributed by atoms with van der Waals surface area (Å²) in [6.45, 7) is 0. The maximum absolute atomic E-state index is 2.47. The van der Waals surface area contributed by atoms with Crippen LogP contribution >= 0.6 is 0 Å². The molecule has 9 aromatic carbocycles. The summed E-state index contributed by atoms with van der Waals surface area (Å²) in [6.07, 6.45) is 8.86. The van der Waals surface area contributed by atoms with Gasteiger partial charge in [-0.3, -0.25) is 0 Å². The standard InChI is InChI=1S/C62H41N/c1-2-17-43(18-3-1)63-58-32-15-7-22-48(58)50-39-42(37-38-59(50)63)40-33-35-41(36-34-40)44-23-16-24-49-47-21-6-10-27-53(47)62(60(44)49)56-30-13-11-28-54(56)61(55-29-12-14-31-57(55)62)51-25-8-4-19-45(51)46-20-5-9-26-52(46)61/h1-2,4-17,19-39H,3,18H2. The number of para-hydroxylation sites is 1. The van der Waals surface area contributed by atoms with E-state index in [0.717, 1.165) is 12.8 Å². The molecule has 1 heterocycles. The van der Waals surface area contributed by atoms with Gasteiger partial charge >= 0.3 is 0 Å². The SMILES string of the molecule is C1=CCCC(n2c3ccccc3c3cc(-c4ccc(-c5cccc6c5C5(c7ccccc7-6)c6ccccc6C6(c7ccccc7-c7ccccc76)c6ccccc65)cc4)ccc32)=C1. The van der Waals surface area contributed by atoms with Gasteiger partial charge in [-0.2, -0.15) is 0 Å². The highest BCUT2D eigenvalue weighted by molar-refractivity contribution is 6.11. The topological polar surface area (TPSA) is 4.93 Å². The highest BCUT2D eigenvalue weighted by atomic mass is 15.0. The van der Waals surface area contributed by atoms with Crippen molar-refractivity contribution in [1.82, 2.24) is 4.57 Å².